The average molecular weight is 395 g/mol. The molecule has 0 radical (unpaired) electrons. The molecule has 0 saturated heterocycles. The zero-order valence-corrected chi connectivity index (χ0v) is 16.8. The molecule has 2 aromatic carbocycles. The van der Waals surface area contributed by atoms with E-state index in [1.165, 1.54) is 30.3 Å². The lowest BCUT2D eigenvalue weighted by Crippen LogP contribution is -2.36. The molecule has 0 spiro atoms. The van der Waals surface area contributed by atoms with Crippen LogP contribution in [0.5, 0.6) is 0 Å². The lowest BCUT2D eigenvalue weighted by atomic mass is 10.1. The van der Waals surface area contributed by atoms with Crippen LogP contribution in [0.1, 0.15) is 36.7 Å². The van der Waals surface area contributed by atoms with E-state index in [1.807, 2.05) is 27.7 Å². The Balaban J connectivity index is 2.19. The first-order valence-electron chi connectivity index (χ1n) is 8.30. The molecule has 0 aliphatic heterocycles. The fourth-order valence-electron chi connectivity index (χ4n) is 2.15. The third-order valence-electron chi connectivity index (χ3n) is 4.16. The average Bonchev–Trinajstić information content (AvgIpc) is 2.54. The predicted molar refractivity (Wildman–Crippen MR) is 105 cm³/mol. The van der Waals surface area contributed by atoms with E-state index in [9.17, 15) is 13.2 Å². The van der Waals surface area contributed by atoms with Gasteiger partial charge in [-0.1, -0.05) is 43.1 Å². The Labute approximate surface area is 159 Å². The van der Waals surface area contributed by atoms with Gasteiger partial charge < -0.3 is 5.32 Å². The second-order valence-corrected chi connectivity index (χ2v) is 8.71. The van der Waals surface area contributed by atoms with E-state index in [0.29, 0.717) is 17.2 Å². The maximum atomic E-state index is 12.4. The number of amides is 1. The zero-order chi connectivity index (χ0) is 19.5. The molecule has 0 fully saturated rings. The molecule has 0 bridgehead atoms. The SMILES string of the molecule is Cc1ccc(S(=O)(=O)Nc2ccc(C(=O)N[C@@H](C)C(C)C)c(Cl)c2)cc1. The summed E-state index contributed by atoms with van der Waals surface area (Å²) >= 11 is 6.19. The Morgan fingerprint density at radius 1 is 1.04 bits per heavy atom. The van der Waals surface area contributed by atoms with Crippen molar-refractivity contribution in [3.8, 4) is 0 Å². The molecule has 0 heterocycles. The van der Waals surface area contributed by atoms with Crippen molar-refractivity contribution in [1.82, 2.24) is 5.32 Å². The standard InChI is InChI=1S/C19H23ClN2O3S/c1-12(2)14(4)21-19(23)17-10-7-15(11-18(17)20)22-26(24,25)16-8-5-13(3)6-9-16/h5-12,14,22H,1-4H3,(H,21,23)/t14-/m0/s1. The molecule has 26 heavy (non-hydrogen) atoms. The van der Waals surface area contributed by atoms with Crippen molar-refractivity contribution in [3.05, 3.63) is 58.6 Å². The van der Waals surface area contributed by atoms with E-state index in [2.05, 4.69) is 10.0 Å². The highest BCUT2D eigenvalue weighted by Gasteiger charge is 2.18. The van der Waals surface area contributed by atoms with Gasteiger partial charge in [0.05, 0.1) is 21.2 Å². The highest BCUT2D eigenvalue weighted by molar-refractivity contribution is 7.92. The molecule has 0 aliphatic carbocycles. The van der Waals surface area contributed by atoms with Crippen molar-refractivity contribution < 1.29 is 13.2 Å². The van der Waals surface area contributed by atoms with E-state index in [1.54, 1.807) is 12.1 Å². The van der Waals surface area contributed by atoms with Crippen LogP contribution in [0.2, 0.25) is 5.02 Å². The van der Waals surface area contributed by atoms with Crippen molar-refractivity contribution in [3.63, 3.8) is 0 Å². The molecule has 5 nitrogen and oxygen atoms in total. The van der Waals surface area contributed by atoms with E-state index >= 15 is 0 Å². The molecule has 2 N–H and O–H groups in total. The van der Waals surface area contributed by atoms with Gasteiger partial charge >= 0.3 is 0 Å². The maximum absolute atomic E-state index is 12.4. The largest absolute Gasteiger partial charge is 0.349 e. The molecule has 0 aromatic heterocycles. The van der Waals surface area contributed by atoms with Gasteiger partial charge in [0.25, 0.3) is 15.9 Å². The van der Waals surface area contributed by atoms with Crippen LogP contribution in [0, 0.1) is 12.8 Å². The number of carbonyl (C=O) groups excluding carboxylic acids is 1. The summed E-state index contributed by atoms with van der Waals surface area (Å²) in [5.74, 6) is 0.00228. The van der Waals surface area contributed by atoms with Crippen molar-refractivity contribution in [2.24, 2.45) is 5.92 Å². The summed E-state index contributed by atoms with van der Waals surface area (Å²) in [7, 11) is -3.72. The highest BCUT2D eigenvalue weighted by Crippen LogP contribution is 2.24. The second kappa shape index (κ2) is 8.10. The smallest absolute Gasteiger partial charge is 0.261 e. The number of benzene rings is 2. The number of hydrogen-bond donors (Lipinski definition) is 2. The molecule has 1 amide bonds. The summed E-state index contributed by atoms with van der Waals surface area (Å²) in [6, 6.07) is 11.0. The van der Waals surface area contributed by atoms with Crippen molar-refractivity contribution in [2.75, 3.05) is 4.72 Å². The minimum Gasteiger partial charge on any atom is -0.349 e. The zero-order valence-electron chi connectivity index (χ0n) is 15.2. The molecular formula is C19H23ClN2O3S. The van der Waals surface area contributed by atoms with Gasteiger partial charge in [-0.15, -0.1) is 0 Å². The van der Waals surface area contributed by atoms with Crippen molar-refractivity contribution in [2.45, 2.75) is 38.6 Å². The van der Waals surface area contributed by atoms with E-state index < -0.39 is 10.0 Å². The van der Waals surface area contributed by atoms with Gasteiger partial charge in [-0.2, -0.15) is 0 Å². The van der Waals surface area contributed by atoms with Crippen molar-refractivity contribution in [1.29, 1.82) is 0 Å². The van der Waals surface area contributed by atoms with Gasteiger partial charge in [0.15, 0.2) is 0 Å². The summed E-state index contributed by atoms with van der Waals surface area (Å²) in [5, 5.41) is 3.06. The predicted octanol–water partition coefficient (Wildman–Crippen LogP) is 4.22. The second-order valence-electron chi connectivity index (χ2n) is 6.62. The number of halogens is 1. The van der Waals surface area contributed by atoms with Gasteiger partial charge in [0.2, 0.25) is 0 Å². The van der Waals surface area contributed by atoms with Gasteiger partial charge in [-0.05, 0) is 50.1 Å². The third-order valence-corrected chi connectivity index (χ3v) is 5.87. The summed E-state index contributed by atoms with van der Waals surface area (Å²) in [6.07, 6.45) is 0. The van der Waals surface area contributed by atoms with E-state index in [-0.39, 0.29) is 21.9 Å². The molecule has 0 aliphatic rings. The Morgan fingerprint density at radius 2 is 1.65 bits per heavy atom. The molecule has 1 atom stereocenters. The van der Waals surface area contributed by atoms with Crippen molar-refractivity contribution >= 4 is 33.2 Å². The van der Waals surface area contributed by atoms with Crippen LogP contribution in [-0.4, -0.2) is 20.4 Å². The number of rotatable bonds is 6. The van der Waals surface area contributed by atoms with Gasteiger partial charge in [-0.25, -0.2) is 8.42 Å². The quantitative estimate of drug-likeness (QED) is 0.770. The van der Waals surface area contributed by atoms with Crippen LogP contribution < -0.4 is 10.0 Å². The minimum absolute atomic E-state index is 0.00159. The number of sulfonamides is 1. The van der Waals surface area contributed by atoms with Crippen LogP contribution in [0.3, 0.4) is 0 Å². The molecule has 140 valence electrons. The fourth-order valence-corrected chi connectivity index (χ4v) is 3.46. The van der Waals surface area contributed by atoms with Crippen LogP contribution in [0.25, 0.3) is 0 Å². The Morgan fingerprint density at radius 3 is 2.19 bits per heavy atom. The first kappa shape index (κ1) is 20.3. The maximum Gasteiger partial charge on any atom is 0.261 e. The van der Waals surface area contributed by atoms with Gasteiger partial charge in [-0.3, -0.25) is 9.52 Å². The topological polar surface area (TPSA) is 75.3 Å². The highest BCUT2D eigenvalue weighted by atomic mass is 35.5. The summed E-state index contributed by atoms with van der Waals surface area (Å²) in [4.78, 5) is 12.5. The summed E-state index contributed by atoms with van der Waals surface area (Å²) in [6.45, 7) is 7.82. The first-order chi connectivity index (χ1) is 12.1. The lowest BCUT2D eigenvalue weighted by molar-refractivity contribution is 0.0930. The van der Waals surface area contributed by atoms with Gasteiger partial charge in [0.1, 0.15) is 0 Å². The first-order valence-corrected chi connectivity index (χ1v) is 10.2. The molecule has 0 saturated carbocycles. The number of carbonyl (C=O) groups is 1. The normalized spacial score (nSPS) is 12.7. The molecule has 7 heteroatoms. The fraction of sp³-hybridized carbons (Fsp3) is 0.316. The Hall–Kier alpha value is -2.05. The molecule has 2 rings (SSSR count). The van der Waals surface area contributed by atoms with Crippen LogP contribution in [0.4, 0.5) is 5.69 Å². The molecule has 0 unspecified atom stereocenters. The minimum atomic E-state index is -3.72. The summed E-state index contributed by atoms with van der Waals surface area (Å²) in [5.41, 5.74) is 1.57. The number of nitrogens with one attached hydrogen (secondary N) is 2. The number of aryl methyl sites for hydroxylation is 1. The lowest BCUT2D eigenvalue weighted by Gasteiger charge is -2.18. The van der Waals surface area contributed by atoms with E-state index in [4.69, 9.17) is 11.6 Å². The van der Waals surface area contributed by atoms with Crippen LogP contribution in [-0.2, 0) is 10.0 Å². The molecular weight excluding hydrogens is 372 g/mol. The summed E-state index contributed by atoms with van der Waals surface area (Å²) < 4.78 is 27.3. The number of anilines is 1. The Kier molecular flexibility index (Phi) is 6.31. The molecule has 2 aromatic rings. The Bertz CT molecular complexity index is 894. The monoisotopic (exact) mass is 394 g/mol. The van der Waals surface area contributed by atoms with E-state index in [0.717, 1.165) is 5.56 Å². The van der Waals surface area contributed by atoms with Crippen LogP contribution in [0.15, 0.2) is 47.4 Å². The third kappa shape index (κ3) is 4.99. The number of hydrogen-bond acceptors (Lipinski definition) is 3. The van der Waals surface area contributed by atoms with Gasteiger partial charge in [0, 0.05) is 6.04 Å². The van der Waals surface area contributed by atoms with Crippen LogP contribution >= 0.6 is 11.6 Å².